The van der Waals surface area contributed by atoms with E-state index in [1.54, 1.807) is 24.3 Å². The van der Waals surface area contributed by atoms with Crippen LogP contribution in [0.15, 0.2) is 48.5 Å². The van der Waals surface area contributed by atoms with Crippen LogP contribution in [0.4, 0.5) is 0 Å². The molecule has 118 valence electrons. The van der Waals surface area contributed by atoms with E-state index in [0.717, 1.165) is 11.1 Å². The van der Waals surface area contributed by atoms with Crippen molar-refractivity contribution in [3.8, 4) is 11.1 Å². The van der Waals surface area contributed by atoms with Gasteiger partial charge in [0.25, 0.3) is 0 Å². The minimum atomic E-state index is -1.98. The van der Waals surface area contributed by atoms with Crippen LogP contribution in [0.2, 0.25) is 0 Å². The van der Waals surface area contributed by atoms with Crippen molar-refractivity contribution < 1.29 is 19.4 Å². The maximum Gasteiger partial charge on any atom is 0.315 e. The SMILES string of the molecule is COC(=O)C(C)(C)C1(O)C(=O)c2ccccc2-c2ccccc21. The molecule has 1 atom stereocenters. The predicted octanol–water partition coefficient (Wildman–Crippen LogP) is 2.94. The van der Waals surface area contributed by atoms with Crippen LogP contribution in [-0.4, -0.2) is 24.0 Å². The van der Waals surface area contributed by atoms with E-state index in [1.807, 2.05) is 24.3 Å². The first-order chi connectivity index (χ1) is 10.9. The summed E-state index contributed by atoms with van der Waals surface area (Å²) in [7, 11) is 1.25. The molecule has 2 aromatic carbocycles. The fourth-order valence-corrected chi connectivity index (χ4v) is 3.29. The molecular formula is C19H18O4. The fourth-order valence-electron chi connectivity index (χ4n) is 3.29. The zero-order chi connectivity index (χ0) is 16.8. The maximum atomic E-state index is 13.1. The van der Waals surface area contributed by atoms with Crippen LogP contribution >= 0.6 is 0 Å². The second-order valence-electron chi connectivity index (χ2n) is 6.25. The zero-order valence-corrected chi connectivity index (χ0v) is 13.3. The third kappa shape index (κ3) is 1.88. The highest BCUT2D eigenvalue weighted by atomic mass is 16.5. The Balaban J connectivity index is 2.36. The van der Waals surface area contributed by atoms with Gasteiger partial charge in [0.1, 0.15) is 5.41 Å². The summed E-state index contributed by atoms with van der Waals surface area (Å²) >= 11 is 0. The quantitative estimate of drug-likeness (QED) is 0.866. The van der Waals surface area contributed by atoms with Crippen molar-refractivity contribution in [1.82, 2.24) is 0 Å². The molecule has 0 radical (unpaired) electrons. The van der Waals surface area contributed by atoms with Gasteiger partial charge in [-0.3, -0.25) is 9.59 Å². The van der Waals surface area contributed by atoms with Gasteiger partial charge in [-0.2, -0.15) is 0 Å². The summed E-state index contributed by atoms with van der Waals surface area (Å²) in [5, 5.41) is 11.4. The lowest BCUT2D eigenvalue weighted by Gasteiger charge is -2.43. The first-order valence-corrected chi connectivity index (χ1v) is 7.40. The van der Waals surface area contributed by atoms with Gasteiger partial charge < -0.3 is 9.84 Å². The number of fused-ring (bicyclic) bond motifs is 3. The maximum absolute atomic E-state index is 13.1. The Labute approximate surface area is 134 Å². The van der Waals surface area contributed by atoms with Crippen LogP contribution in [0.1, 0.15) is 29.8 Å². The molecule has 4 nitrogen and oxygen atoms in total. The van der Waals surface area contributed by atoms with E-state index in [9.17, 15) is 14.7 Å². The van der Waals surface area contributed by atoms with Gasteiger partial charge in [-0.05, 0) is 25.0 Å². The first-order valence-electron chi connectivity index (χ1n) is 7.40. The van der Waals surface area contributed by atoms with Gasteiger partial charge in [0.05, 0.1) is 7.11 Å². The molecule has 1 unspecified atom stereocenters. The molecule has 2 aromatic rings. The van der Waals surface area contributed by atoms with E-state index >= 15 is 0 Å². The van der Waals surface area contributed by atoms with Crippen LogP contribution in [0.25, 0.3) is 11.1 Å². The summed E-state index contributed by atoms with van der Waals surface area (Å²) < 4.78 is 4.83. The van der Waals surface area contributed by atoms with Crippen LogP contribution in [0, 0.1) is 5.41 Å². The molecular weight excluding hydrogens is 292 g/mol. The average Bonchev–Trinajstić information content (AvgIpc) is 2.58. The molecule has 1 aliphatic rings. The summed E-state index contributed by atoms with van der Waals surface area (Å²) in [5.74, 6) is -1.12. The molecule has 0 bridgehead atoms. The Morgan fingerprint density at radius 2 is 1.52 bits per heavy atom. The van der Waals surface area contributed by atoms with Gasteiger partial charge in [0, 0.05) is 11.1 Å². The number of methoxy groups -OCH3 is 1. The molecule has 0 aliphatic heterocycles. The van der Waals surface area contributed by atoms with Crippen molar-refractivity contribution >= 4 is 11.8 Å². The molecule has 0 fully saturated rings. The number of hydrogen-bond acceptors (Lipinski definition) is 4. The van der Waals surface area contributed by atoms with E-state index in [4.69, 9.17) is 4.74 Å². The number of ketones is 1. The molecule has 4 heteroatoms. The zero-order valence-electron chi connectivity index (χ0n) is 13.3. The van der Waals surface area contributed by atoms with Crippen LogP contribution in [0.5, 0.6) is 0 Å². The van der Waals surface area contributed by atoms with Crippen molar-refractivity contribution in [2.24, 2.45) is 5.41 Å². The van der Waals surface area contributed by atoms with E-state index in [0.29, 0.717) is 11.1 Å². The molecule has 0 heterocycles. The Morgan fingerprint density at radius 1 is 1.00 bits per heavy atom. The van der Waals surface area contributed by atoms with Crippen molar-refractivity contribution in [3.05, 3.63) is 59.7 Å². The number of esters is 1. The van der Waals surface area contributed by atoms with Gasteiger partial charge in [-0.1, -0.05) is 48.5 Å². The van der Waals surface area contributed by atoms with Gasteiger partial charge in [-0.25, -0.2) is 0 Å². The molecule has 23 heavy (non-hydrogen) atoms. The lowest BCUT2D eigenvalue weighted by Crippen LogP contribution is -2.54. The lowest BCUT2D eigenvalue weighted by molar-refractivity contribution is -0.164. The molecule has 0 saturated carbocycles. The fraction of sp³-hybridized carbons (Fsp3) is 0.263. The van der Waals surface area contributed by atoms with Gasteiger partial charge >= 0.3 is 5.97 Å². The third-order valence-electron chi connectivity index (χ3n) is 4.71. The molecule has 0 amide bonds. The largest absolute Gasteiger partial charge is 0.469 e. The standard InChI is InChI=1S/C19H18O4/c1-18(2,17(21)23-3)19(22)15-11-7-6-9-13(15)12-8-4-5-10-14(12)16(19)20/h4-11,22H,1-3H3. The topological polar surface area (TPSA) is 63.6 Å². The molecule has 3 rings (SSSR count). The number of Topliss-reactive ketones (excluding diaryl/α,β-unsaturated/α-hetero) is 1. The van der Waals surface area contributed by atoms with E-state index < -0.39 is 22.8 Å². The van der Waals surface area contributed by atoms with Crippen molar-refractivity contribution in [2.45, 2.75) is 19.4 Å². The highest BCUT2D eigenvalue weighted by Gasteiger charge is 2.58. The van der Waals surface area contributed by atoms with E-state index in [1.165, 1.54) is 21.0 Å². The number of benzene rings is 2. The van der Waals surface area contributed by atoms with Crippen LogP contribution in [0.3, 0.4) is 0 Å². The monoisotopic (exact) mass is 310 g/mol. The normalized spacial score (nSPS) is 19.7. The number of hydrogen-bond donors (Lipinski definition) is 1. The Morgan fingerprint density at radius 3 is 2.13 bits per heavy atom. The number of carbonyl (C=O) groups is 2. The molecule has 0 spiro atoms. The number of rotatable bonds is 2. The Bertz CT molecular complexity index is 807. The smallest absolute Gasteiger partial charge is 0.315 e. The minimum Gasteiger partial charge on any atom is -0.469 e. The summed E-state index contributed by atoms with van der Waals surface area (Å²) in [6.07, 6.45) is 0. The minimum absolute atomic E-state index is 0.408. The number of carbonyl (C=O) groups excluding carboxylic acids is 2. The molecule has 0 aromatic heterocycles. The summed E-state index contributed by atoms with van der Waals surface area (Å²) in [5.41, 5.74) is -1.06. The predicted molar refractivity (Wildman–Crippen MR) is 85.9 cm³/mol. The van der Waals surface area contributed by atoms with Crippen molar-refractivity contribution in [1.29, 1.82) is 0 Å². The summed E-state index contributed by atoms with van der Waals surface area (Å²) in [6, 6.07) is 14.2. The van der Waals surface area contributed by atoms with E-state index in [-0.39, 0.29) is 0 Å². The molecule has 1 N–H and O–H groups in total. The highest BCUT2D eigenvalue weighted by Crippen LogP contribution is 2.50. The lowest BCUT2D eigenvalue weighted by atomic mass is 9.62. The van der Waals surface area contributed by atoms with Gasteiger partial charge in [-0.15, -0.1) is 0 Å². The second-order valence-corrected chi connectivity index (χ2v) is 6.25. The van der Waals surface area contributed by atoms with Gasteiger partial charge in [0.2, 0.25) is 5.78 Å². The Hall–Kier alpha value is -2.46. The van der Waals surface area contributed by atoms with Gasteiger partial charge in [0.15, 0.2) is 5.60 Å². The number of aliphatic hydroxyl groups is 1. The Kier molecular flexibility index (Phi) is 3.38. The highest BCUT2D eigenvalue weighted by molar-refractivity contribution is 6.13. The third-order valence-corrected chi connectivity index (χ3v) is 4.71. The van der Waals surface area contributed by atoms with Crippen LogP contribution in [-0.2, 0) is 15.1 Å². The average molecular weight is 310 g/mol. The summed E-state index contributed by atoms with van der Waals surface area (Å²) in [6.45, 7) is 3.06. The molecule has 1 aliphatic carbocycles. The second kappa shape index (κ2) is 5.03. The first kappa shape index (κ1) is 15.4. The van der Waals surface area contributed by atoms with E-state index in [2.05, 4.69) is 0 Å². The van der Waals surface area contributed by atoms with Crippen molar-refractivity contribution in [3.63, 3.8) is 0 Å². The molecule has 0 saturated heterocycles. The van der Waals surface area contributed by atoms with Crippen molar-refractivity contribution in [2.75, 3.05) is 7.11 Å². The van der Waals surface area contributed by atoms with Crippen LogP contribution < -0.4 is 0 Å². The number of ether oxygens (including phenoxy) is 1. The summed E-state index contributed by atoms with van der Waals surface area (Å²) in [4.78, 5) is 25.4.